The molecule has 0 saturated carbocycles. The summed E-state index contributed by atoms with van der Waals surface area (Å²) in [7, 11) is 2.01. The van der Waals surface area contributed by atoms with Gasteiger partial charge in [-0.3, -0.25) is 4.90 Å². The first kappa shape index (κ1) is 30.5. The largest absolute Gasteiger partial charge is 0.462 e. The van der Waals surface area contributed by atoms with Gasteiger partial charge in [0, 0.05) is 43.1 Å². The number of anilines is 2. The number of piperazine rings is 1. The molecule has 3 aromatic rings. The second kappa shape index (κ2) is 11.6. The van der Waals surface area contributed by atoms with E-state index in [4.69, 9.17) is 27.1 Å². The van der Waals surface area contributed by atoms with E-state index in [1.54, 1.807) is 0 Å². The van der Waals surface area contributed by atoms with Crippen molar-refractivity contribution >= 4 is 34.1 Å². The van der Waals surface area contributed by atoms with E-state index in [1.165, 1.54) is 13.0 Å². The fourth-order valence-corrected chi connectivity index (χ4v) is 6.31. The van der Waals surface area contributed by atoms with Crippen LogP contribution in [0.15, 0.2) is 12.1 Å². The van der Waals surface area contributed by atoms with Gasteiger partial charge in [-0.25, -0.2) is 9.37 Å². The average molecular weight is 610 g/mol. The number of halogens is 5. The molecule has 0 aliphatic carbocycles. The number of aromatic nitrogens is 3. The van der Waals surface area contributed by atoms with E-state index in [-0.39, 0.29) is 45.4 Å². The summed E-state index contributed by atoms with van der Waals surface area (Å²) >= 11 is 6.58. The van der Waals surface area contributed by atoms with Gasteiger partial charge >= 0.3 is 12.2 Å². The van der Waals surface area contributed by atoms with Crippen molar-refractivity contribution in [1.29, 1.82) is 0 Å². The summed E-state index contributed by atoms with van der Waals surface area (Å²) in [4.78, 5) is 19.6. The summed E-state index contributed by atoms with van der Waals surface area (Å²) in [6.45, 7) is 10.9. The van der Waals surface area contributed by atoms with Gasteiger partial charge in [0.15, 0.2) is 5.82 Å². The molecule has 8 nitrogen and oxygen atoms in total. The minimum absolute atomic E-state index is 0.00430. The number of nitrogens with zero attached hydrogens (tertiary/aromatic N) is 6. The molecular formula is C29H36ClF4N7O. The molecule has 0 radical (unpaired) electrons. The smallest absolute Gasteiger partial charge is 0.418 e. The van der Waals surface area contributed by atoms with Crippen LogP contribution in [0.25, 0.3) is 22.2 Å². The molecule has 0 spiro atoms. The lowest BCUT2D eigenvalue weighted by Crippen LogP contribution is -2.54. The van der Waals surface area contributed by atoms with Crippen LogP contribution in [0.5, 0.6) is 6.01 Å². The Morgan fingerprint density at radius 3 is 2.50 bits per heavy atom. The average Bonchev–Trinajstić information content (AvgIpc) is 3.30. The van der Waals surface area contributed by atoms with Gasteiger partial charge in [-0.05, 0) is 71.8 Å². The van der Waals surface area contributed by atoms with Crippen molar-refractivity contribution in [1.82, 2.24) is 24.8 Å². The lowest BCUT2D eigenvalue weighted by molar-refractivity contribution is -0.137. The predicted octanol–water partition coefficient (Wildman–Crippen LogP) is 5.79. The van der Waals surface area contributed by atoms with Crippen LogP contribution in [0.2, 0.25) is 5.02 Å². The predicted molar refractivity (Wildman–Crippen MR) is 157 cm³/mol. The van der Waals surface area contributed by atoms with Crippen LogP contribution >= 0.6 is 11.6 Å². The van der Waals surface area contributed by atoms with Crippen molar-refractivity contribution in [2.45, 2.75) is 64.8 Å². The van der Waals surface area contributed by atoms with Crippen molar-refractivity contribution in [2.75, 3.05) is 50.5 Å². The number of hydrogen-bond acceptors (Lipinski definition) is 8. The zero-order valence-electron chi connectivity index (χ0n) is 24.4. The highest BCUT2D eigenvalue weighted by Crippen LogP contribution is 2.44. The van der Waals surface area contributed by atoms with Crippen LogP contribution in [0.4, 0.5) is 29.2 Å². The molecule has 0 unspecified atom stereocenters. The van der Waals surface area contributed by atoms with Crippen LogP contribution < -0.4 is 15.4 Å². The maximum atomic E-state index is 16.5. The molecule has 2 N–H and O–H groups in total. The number of ether oxygens (including phenoxy) is 1. The second-order valence-electron chi connectivity index (χ2n) is 11.6. The zero-order valence-corrected chi connectivity index (χ0v) is 25.2. The van der Waals surface area contributed by atoms with Gasteiger partial charge in [0.1, 0.15) is 23.8 Å². The first-order chi connectivity index (χ1) is 19.8. The molecule has 42 heavy (non-hydrogen) atoms. The zero-order chi connectivity index (χ0) is 30.5. The van der Waals surface area contributed by atoms with Crippen LogP contribution in [0.3, 0.4) is 0 Å². The number of alkyl halides is 3. The van der Waals surface area contributed by atoms with Crippen molar-refractivity contribution in [3.63, 3.8) is 0 Å². The van der Waals surface area contributed by atoms with Crippen LogP contribution in [0.1, 0.15) is 44.7 Å². The Labute approximate surface area is 247 Å². The number of rotatable bonds is 6. The van der Waals surface area contributed by atoms with E-state index in [9.17, 15) is 13.2 Å². The maximum Gasteiger partial charge on any atom is 0.418 e. The van der Waals surface area contributed by atoms with Gasteiger partial charge < -0.3 is 20.3 Å². The first-order valence-corrected chi connectivity index (χ1v) is 14.5. The number of benzene rings is 1. The highest BCUT2D eigenvalue weighted by atomic mass is 35.5. The van der Waals surface area contributed by atoms with Crippen molar-refractivity contribution in [2.24, 2.45) is 0 Å². The fraction of sp³-hybridized carbons (Fsp3) is 0.552. The maximum absolute atomic E-state index is 16.5. The lowest BCUT2D eigenvalue weighted by atomic mass is 9.98. The second-order valence-corrected chi connectivity index (χ2v) is 12.0. The SMILES string of the molecule is Cc1cc(N)nc(-c2c(Cl)cc3c(N4CCN(C(C)C)C[C@H]4C)nc(OC[C@@H]4CCCN4C)nc3c2F)c1C(F)(F)F. The topological polar surface area (TPSA) is 83.6 Å². The van der Waals surface area contributed by atoms with E-state index in [0.717, 1.165) is 38.5 Å². The molecule has 228 valence electrons. The molecule has 2 atom stereocenters. The third-order valence-corrected chi connectivity index (χ3v) is 8.63. The molecule has 1 aromatic carbocycles. The minimum Gasteiger partial charge on any atom is -0.462 e. The third kappa shape index (κ3) is 5.80. The summed E-state index contributed by atoms with van der Waals surface area (Å²) in [6.07, 6.45) is -2.84. The Morgan fingerprint density at radius 1 is 1.14 bits per heavy atom. The number of fused-ring (bicyclic) bond motifs is 1. The van der Waals surface area contributed by atoms with Crippen LogP contribution in [0, 0.1) is 12.7 Å². The number of likely N-dealkylation sites (tertiary alicyclic amines) is 1. The van der Waals surface area contributed by atoms with Gasteiger partial charge in [-0.1, -0.05) is 11.6 Å². The normalized spacial score (nSPS) is 20.7. The number of pyridine rings is 1. The van der Waals surface area contributed by atoms with Crippen molar-refractivity contribution in [3.05, 3.63) is 34.1 Å². The van der Waals surface area contributed by atoms with E-state index < -0.39 is 28.8 Å². The minimum atomic E-state index is -4.82. The molecule has 2 aromatic heterocycles. The van der Waals surface area contributed by atoms with E-state index in [1.807, 2.05) is 7.05 Å². The summed E-state index contributed by atoms with van der Waals surface area (Å²) in [5, 5.41) is 0.0354. The van der Waals surface area contributed by atoms with E-state index in [0.29, 0.717) is 25.0 Å². The van der Waals surface area contributed by atoms with Gasteiger partial charge in [-0.2, -0.15) is 23.1 Å². The third-order valence-electron chi connectivity index (χ3n) is 8.34. The molecule has 5 rings (SSSR count). The Bertz CT molecular complexity index is 1490. The lowest BCUT2D eigenvalue weighted by Gasteiger charge is -2.42. The Hall–Kier alpha value is -2.96. The number of aryl methyl sites for hydroxylation is 1. The van der Waals surface area contributed by atoms with Gasteiger partial charge in [0.2, 0.25) is 0 Å². The van der Waals surface area contributed by atoms with E-state index >= 15 is 4.39 Å². The first-order valence-electron chi connectivity index (χ1n) is 14.1. The molecule has 2 aliphatic rings. The number of likely N-dealkylation sites (N-methyl/N-ethyl adjacent to an activating group) is 1. The molecule has 4 heterocycles. The molecule has 2 fully saturated rings. The number of nitrogens with two attached hydrogens (primary N) is 1. The Balaban J connectivity index is 1.68. The van der Waals surface area contributed by atoms with Crippen LogP contribution in [-0.4, -0.2) is 82.7 Å². The van der Waals surface area contributed by atoms with Crippen LogP contribution in [-0.2, 0) is 6.18 Å². The Morgan fingerprint density at radius 2 is 1.88 bits per heavy atom. The number of hydrogen-bond donors (Lipinski definition) is 1. The van der Waals surface area contributed by atoms with Crippen molar-refractivity contribution in [3.8, 4) is 17.3 Å². The summed E-state index contributed by atoms with van der Waals surface area (Å²) in [6, 6.07) is 2.98. The fourth-order valence-electron chi connectivity index (χ4n) is 6.03. The standard InChI is InChI=1S/C29H36ClF4N7O/c1-15(2)40-9-10-41(17(4)13-40)27-19-12-20(30)22(26-23(29(32,33)34)16(3)11-21(35)36-26)24(31)25(19)37-28(38-27)42-14-18-7-6-8-39(18)5/h11-12,15,17-18H,6-10,13-14H2,1-5H3,(H2,35,36)/t17-,18+/m1/s1. The molecule has 2 saturated heterocycles. The summed E-state index contributed by atoms with van der Waals surface area (Å²) in [5.74, 6) is -0.803. The summed E-state index contributed by atoms with van der Waals surface area (Å²) < 4.78 is 65.1. The van der Waals surface area contributed by atoms with Gasteiger partial charge in [0.25, 0.3) is 0 Å². The van der Waals surface area contributed by atoms with Gasteiger partial charge in [-0.15, -0.1) is 0 Å². The molecular weight excluding hydrogens is 574 g/mol. The quantitative estimate of drug-likeness (QED) is 0.352. The highest BCUT2D eigenvalue weighted by molar-refractivity contribution is 6.34. The molecule has 0 amide bonds. The monoisotopic (exact) mass is 609 g/mol. The molecule has 13 heteroatoms. The highest BCUT2D eigenvalue weighted by Gasteiger charge is 2.39. The Kier molecular flexibility index (Phi) is 8.43. The number of nitrogen functional groups attached to an aromatic ring is 1. The van der Waals surface area contributed by atoms with Gasteiger partial charge in [0.05, 0.1) is 21.8 Å². The molecule has 0 bridgehead atoms. The molecule has 2 aliphatic heterocycles. The van der Waals surface area contributed by atoms with E-state index in [2.05, 4.69) is 45.4 Å². The van der Waals surface area contributed by atoms with Crippen molar-refractivity contribution < 1.29 is 22.3 Å². The summed E-state index contributed by atoms with van der Waals surface area (Å²) in [5.41, 5.74) is 3.13.